The first-order chi connectivity index (χ1) is 11.9. The number of carbonyl (C=O) groups excluding carboxylic acids is 2. The molecule has 2 atom stereocenters. The van der Waals surface area contributed by atoms with E-state index in [1.165, 1.54) is 4.90 Å². The van der Waals surface area contributed by atoms with Gasteiger partial charge in [0.1, 0.15) is 12.1 Å². The van der Waals surface area contributed by atoms with Crippen LogP contribution in [0.1, 0.15) is 38.3 Å². The number of likely N-dealkylation sites (tertiary alicyclic amines) is 1. The highest BCUT2D eigenvalue weighted by Crippen LogP contribution is 2.24. The molecule has 1 saturated heterocycles. The van der Waals surface area contributed by atoms with E-state index in [0.717, 1.165) is 0 Å². The van der Waals surface area contributed by atoms with Gasteiger partial charge >= 0.3 is 12.1 Å². The van der Waals surface area contributed by atoms with Crippen LogP contribution in [-0.2, 0) is 14.3 Å². The van der Waals surface area contributed by atoms with Crippen LogP contribution in [0.4, 0.5) is 4.79 Å². The number of alkyl carbamates (subject to hydrolysis) is 1. The van der Waals surface area contributed by atoms with Crippen LogP contribution in [0.15, 0.2) is 30.3 Å². The molecule has 0 aliphatic carbocycles. The third kappa shape index (κ3) is 4.95. The molecule has 0 radical (unpaired) electrons. The average Bonchev–Trinajstić information content (AvgIpc) is 3.08. The van der Waals surface area contributed by atoms with Crippen molar-refractivity contribution in [1.29, 1.82) is 0 Å². The summed E-state index contributed by atoms with van der Waals surface area (Å²) in [5.74, 6) is -1.29. The summed E-state index contributed by atoms with van der Waals surface area (Å²) in [4.78, 5) is 37.7. The Hall–Kier alpha value is -2.57. The molecule has 1 aromatic rings. The van der Waals surface area contributed by atoms with E-state index >= 15 is 0 Å². The van der Waals surface area contributed by atoms with Crippen molar-refractivity contribution in [3.8, 4) is 0 Å². The van der Waals surface area contributed by atoms with Gasteiger partial charge in [-0.15, -0.1) is 0 Å². The molecule has 2 amide bonds. The first kappa shape index (κ1) is 18.8. The Balaban J connectivity index is 2.18. The minimum Gasteiger partial charge on any atom is -0.480 e. The van der Waals surface area contributed by atoms with Crippen molar-refractivity contribution in [2.24, 2.45) is 5.92 Å². The van der Waals surface area contributed by atoms with Gasteiger partial charge in [-0.05, 0) is 24.3 Å². The summed E-state index contributed by atoms with van der Waals surface area (Å²) in [5, 5.41) is 11.9. The smallest absolute Gasteiger partial charge is 0.408 e. The zero-order valence-corrected chi connectivity index (χ0v) is 14.5. The number of hydrogen-bond acceptors (Lipinski definition) is 4. The van der Waals surface area contributed by atoms with Crippen LogP contribution in [0.25, 0.3) is 0 Å². The molecule has 1 fully saturated rings. The SMILES string of the molecule is CC(C)COC(=O)NC(C(=O)N1CCC[C@H]1C(=O)O)c1ccccc1. The quantitative estimate of drug-likeness (QED) is 0.821. The number of benzene rings is 1. The predicted octanol–water partition coefficient (Wildman–Crippen LogP) is 2.19. The summed E-state index contributed by atoms with van der Waals surface area (Å²) in [6.07, 6.45) is 0.351. The summed E-state index contributed by atoms with van der Waals surface area (Å²) in [7, 11) is 0. The molecule has 1 aliphatic rings. The molecule has 1 aliphatic heterocycles. The fourth-order valence-corrected chi connectivity index (χ4v) is 2.79. The van der Waals surface area contributed by atoms with Crippen LogP contribution in [0.5, 0.6) is 0 Å². The number of carboxylic acid groups (broad SMARTS) is 1. The van der Waals surface area contributed by atoms with Crippen LogP contribution < -0.4 is 5.32 Å². The Morgan fingerprint density at radius 2 is 1.96 bits per heavy atom. The van der Waals surface area contributed by atoms with Crippen molar-refractivity contribution in [3.63, 3.8) is 0 Å². The van der Waals surface area contributed by atoms with Crippen LogP contribution in [0.2, 0.25) is 0 Å². The number of aliphatic carboxylic acids is 1. The maximum Gasteiger partial charge on any atom is 0.408 e. The number of nitrogens with zero attached hydrogens (tertiary/aromatic N) is 1. The van der Waals surface area contributed by atoms with Crippen molar-refractivity contribution in [1.82, 2.24) is 10.2 Å². The molecule has 0 spiro atoms. The minimum absolute atomic E-state index is 0.173. The Bertz CT molecular complexity index is 617. The molecule has 2 N–H and O–H groups in total. The summed E-state index contributed by atoms with van der Waals surface area (Å²) in [5.41, 5.74) is 0.588. The molecular weight excluding hydrogens is 324 g/mol. The lowest BCUT2D eigenvalue weighted by molar-refractivity contribution is -0.149. The van der Waals surface area contributed by atoms with Crippen LogP contribution in [0, 0.1) is 5.92 Å². The van der Waals surface area contributed by atoms with Crippen LogP contribution in [-0.4, -0.2) is 47.2 Å². The Labute approximate surface area is 147 Å². The normalized spacial score (nSPS) is 18.0. The molecule has 7 heteroatoms. The molecule has 1 unspecified atom stereocenters. The van der Waals surface area contributed by atoms with E-state index in [4.69, 9.17) is 4.74 Å². The fraction of sp³-hybridized carbons (Fsp3) is 0.500. The van der Waals surface area contributed by atoms with E-state index in [2.05, 4.69) is 5.32 Å². The van der Waals surface area contributed by atoms with Crippen LogP contribution in [0.3, 0.4) is 0 Å². The third-order valence-electron chi connectivity index (χ3n) is 4.01. The van der Waals surface area contributed by atoms with Gasteiger partial charge in [0.05, 0.1) is 6.61 Å². The molecule has 2 rings (SSSR count). The van der Waals surface area contributed by atoms with Gasteiger partial charge in [0.15, 0.2) is 0 Å². The monoisotopic (exact) mass is 348 g/mol. The van der Waals surface area contributed by atoms with E-state index in [1.54, 1.807) is 30.3 Å². The second kappa shape index (κ2) is 8.50. The van der Waals surface area contributed by atoms with Gasteiger partial charge < -0.3 is 20.1 Å². The lowest BCUT2D eigenvalue weighted by atomic mass is 10.1. The number of amides is 2. The largest absolute Gasteiger partial charge is 0.480 e. The summed E-state index contributed by atoms with van der Waals surface area (Å²) >= 11 is 0. The summed E-state index contributed by atoms with van der Waals surface area (Å²) in [6, 6.07) is 6.94. The lowest BCUT2D eigenvalue weighted by Gasteiger charge is -2.27. The summed E-state index contributed by atoms with van der Waals surface area (Å²) < 4.78 is 5.11. The Morgan fingerprint density at radius 1 is 1.28 bits per heavy atom. The van der Waals surface area contributed by atoms with Crippen LogP contribution >= 0.6 is 0 Å². The standard InChI is InChI=1S/C18H24N2O5/c1-12(2)11-25-18(24)19-15(13-7-4-3-5-8-13)16(21)20-10-6-9-14(20)17(22)23/h3-5,7-8,12,14-15H,6,9-11H2,1-2H3,(H,19,24)(H,22,23)/t14-,15?/m0/s1. The molecule has 0 aromatic heterocycles. The minimum atomic E-state index is -1.03. The molecule has 25 heavy (non-hydrogen) atoms. The van der Waals surface area contributed by atoms with E-state index in [-0.39, 0.29) is 12.5 Å². The molecule has 0 saturated carbocycles. The highest BCUT2D eigenvalue weighted by molar-refractivity contribution is 5.90. The van der Waals surface area contributed by atoms with Gasteiger partial charge in [-0.3, -0.25) is 4.79 Å². The number of ether oxygens (including phenoxy) is 1. The van der Waals surface area contributed by atoms with Crippen molar-refractivity contribution < 1.29 is 24.2 Å². The maximum absolute atomic E-state index is 12.9. The Kier molecular flexibility index (Phi) is 6.38. The average molecular weight is 348 g/mol. The second-order valence-corrected chi connectivity index (χ2v) is 6.51. The second-order valence-electron chi connectivity index (χ2n) is 6.51. The van der Waals surface area contributed by atoms with Gasteiger partial charge in [-0.2, -0.15) is 0 Å². The zero-order valence-electron chi connectivity index (χ0n) is 14.5. The first-order valence-electron chi connectivity index (χ1n) is 8.41. The van der Waals surface area contributed by atoms with Crippen molar-refractivity contribution in [2.45, 2.75) is 38.8 Å². The highest BCUT2D eigenvalue weighted by Gasteiger charge is 2.38. The van der Waals surface area contributed by atoms with Gasteiger partial charge in [-0.25, -0.2) is 9.59 Å². The number of nitrogens with one attached hydrogen (secondary N) is 1. The molecule has 1 heterocycles. The number of rotatable bonds is 6. The van der Waals surface area contributed by atoms with Crippen molar-refractivity contribution >= 4 is 18.0 Å². The van der Waals surface area contributed by atoms with E-state index in [1.807, 2.05) is 13.8 Å². The van der Waals surface area contributed by atoms with Gasteiger partial charge in [-0.1, -0.05) is 44.2 Å². The molecule has 1 aromatic carbocycles. The lowest BCUT2D eigenvalue weighted by Crippen LogP contribution is -2.47. The fourth-order valence-electron chi connectivity index (χ4n) is 2.79. The molecule has 7 nitrogen and oxygen atoms in total. The number of carboxylic acids is 1. The number of carbonyl (C=O) groups is 3. The van der Waals surface area contributed by atoms with Crippen molar-refractivity contribution in [2.75, 3.05) is 13.2 Å². The van der Waals surface area contributed by atoms with E-state index in [0.29, 0.717) is 24.9 Å². The van der Waals surface area contributed by atoms with E-state index < -0.39 is 30.1 Å². The molecule has 136 valence electrons. The molecule has 0 bridgehead atoms. The molecular formula is C18H24N2O5. The van der Waals surface area contributed by atoms with Crippen molar-refractivity contribution in [3.05, 3.63) is 35.9 Å². The Morgan fingerprint density at radius 3 is 2.56 bits per heavy atom. The van der Waals surface area contributed by atoms with Gasteiger partial charge in [0.25, 0.3) is 5.91 Å². The number of hydrogen-bond donors (Lipinski definition) is 2. The van der Waals surface area contributed by atoms with Gasteiger partial charge in [0, 0.05) is 6.54 Å². The van der Waals surface area contributed by atoms with Gasteiger partial charge in [0.2, 0.25) is 0 Å². The highest BCUT2D eigenvalue weighted by atomic mass is 16.5. The summed E-state index contributed by atoms with van der Waals surface area (Å²) in [6.45, 7) is 4.43. The first-order valence-corrected chi connectivity index (χ1v) is 8.41. The van der Waals surface area contributed by atoms with E-state index in [9.17, 15) is 19.5 Å². The third-order valence-corrected chi connectivity index (χ3v) is 4.01. The topological polar surface area (TPSA) is 95.9 Å². The maximum atomic E-state index is 12.9. The predicted molar refractivity (Wildman–Crippen MR) is 90.9 cm³/mol. The zero-order chi connectivity index (χ0) is 18.4.